The van der Waals surface area contributed by atoms with E-state index in [0.717, 1.165) is 28.2 Å². The average molecular weight is 911 g/mol. The molecule has 0 bridgehead atoms. The summed E-state index contributed by atoms with van der Waals surface area (Å²) in [7, 11) is 0. The van der Waals surface area contributed by atoms with Crippen LogP contribution in [0.15, 0.2) is 237 Å². The number of benzene rings is 10. The molecule has 0 unspecified atom stereocenters. The van der Waals surface area contributed by atoms with Gasteiger partial charge in [-0.25, -0.2) is 4.98 Å². The van der Waals surface area contributed by atoms with Crippen LogP contribution in [-0.4, -0.2) is 9.55 Å². The molecule has 0 radical (unpaired) electrons. The largest absolute Gasteiger partial charge is 0.309 e. The van der Waals surface area contributed by atoms with Crippen LogP contribution in [0.4, 0.5) is 0 Å². The van der Waals surface area contributed by atoms with Crippen LogP contribution in [-0.2, 0) is 0 Å². The van der Waals surface area contributed by atoms with E-state index >= 15 is 0 Å². The lowest BCUT2D eigenvalue weighted by Gasteiger charge is -2.16. The summed E-state index contributed by atoms with van der Waals surface area (Å²) in [5.74, 6) is 0. The van der Waals surface area contributed by atoms with Gasteiger partial charge in [0, 0.05) is 27.6 Å². The Morgan fingerprint density at radius 2 is 0.986 bits per heavy atom. The summed E-state index contributed by atoms with van der Waals surface area (Å²) < 4.78 is 2.42. The van der Waals surface area contributed by atoms with E-state index in [0.29, 0.717) is 0 Å². The van der Waals surface area contributed by atoms with E-state index in [1.165, 1.54) is 105 Å². The molecule has 0 spiro atoms. The molecule has 2 heteroatoms. The zero-order valence-electron chi connectivity index (χ0n) is 40.7. The summed E-state index contributed by atoms with van der Waals surface area (Å²) in [4.78, 5) is 4.94. The molecule has 0 saturated carbocycles. The molecule has 0 aliphatic heterocycles. The van der Waals surface area contributed by atoms with Gasteiger partial charge in [-0.05, 0) is 159 Å². The highest BCUT2D eigenvalue weighted by molar-refractivity contribution is 6.16. The van der Waals surface area contributed by atoms with Gasteiger partial charge in [0.25, 0.3) is 0 Å². The third-order valence-electron chi connectivity index (χ3n) is 13.9. The first-order chi connectivity index (χ1) is 34.9. The Morgan fingerprint density at radius 3 is 1.73 bits per heavy atom. The third-order valence-corrected chi connectivity index (χ3v) is 13.9. The molecular formula is C69H54N2. The van der Waals surface area contributed by atoms with Crippen LogP contribution in [0.2, 0.25) is 0 Å². The van der Waals surface area contributed by atoms with Gasteiger partial charge in [0.1, 0.15) is 0 Å². The molecule has 71 heavy (non-hydrogen) atoms. The van der Waals surface area contributed by atoms with E-state index in [2.05, 4.69) is 263 Å². The zero-order valence-corrected chi connectivity index (χ0v) is 40.7. The number of nitrogens with zero attached hydrogens (tertiary/aromatic N) is 2. The number of rotatable bonds is 8. The first-order valence-corrected chi connectivity index (χ1v) is 24.5. The normalized spacial score (nSPS) is 11.4. The van der Waals surface area contributed by atoms with E-state index in [4.69, 9.17) is 4.98 Å². The van der Waals surface area contributed by atoms with Gasteiger partial charge in [-0.3, -0.25) is 0 Å². The highest BCUT2D eigenvalue weighted by Crippen LogP contribution is 2.40. The standard InChI is InChI=1S/C45H35N.C24H19N/c1-5-13-36-34(6-2)39-24-23-33(28-42(39)38-17-10-9-16-37(36)38)46-44-19-12-11-18-40(44)43-27-32(22-25-45(43)46)31-21-20-30(4)41(26-31)35-15-8-7-14-29(35)3;1-18-9-8-14-21(15-18)24-17-22(19-10-4-2-5-11-19)16-23(25-24)20-12-6-3-7-13-20/h5-28H,2H2,1,3-4H3;2-17H,1H3/b13-5-;. The highest BCUT2D eigenvalue weighted by atomic mass is 15.0. The molecule has 0 amide bonds. The van der Waals surface area contributed by atoms with Gasteiger partial charge in [-0.2, -0.15) is 0 Å². The molecule has 0 N–H and O–H groups in total. The van der Waals surface area contributed by atoms with Gasteiger partial charge in [0.15, 0.2) is 0 Å². The number of aromatic nitrogens is 2. The van der Waals surface area contributed by atoms with Crippen molar-refractivity contribution in [2.75, 3.05) is 0 Å². The number of hydrogen-bond acceptors (Lipinski definition) is 1. The highest BCUT2D eigenvalue weighted by Gasteiger charge is 2.17. The molecule has 10 aromatic carbocycles. The van der Waals surface area contributed by atoms with E-state index in [1.54, 1.807) is 0 Å². The lowest BCUT2D eigenvalue weighted by atomic mass is 9.91. The average Bonchev–Trinajstić information content (AvgIpc) is 3.75. The molecule has 2 nitrogen and oxygen atoms in total. The van der Waals surface area contributed by atoms with Crippen molar-refractivity contribution in [1.82, 2.24) is 9.55 Å². The van der Waals surface area contributed by atoms with Crippen LogP contribution in [0.25, 0.3) is 117 Å². The van der Waals surface area contributed by atoms with Crippen LogP contribution in [0.5, 0.6) is 0 Å². The van der Waals surface area contributed by atoms with Crippen molar-refractivity contribution < 1.29 is 0 Å². The fourth-order valence-electron chi connectivity index (χ4n) is 10.4. The maximum Gasteiger partial charge on any atom is 0.0715 e. The fourth-order valence-corrected chi connectivity index (χ4v) is 10.4. The quantitative estimate of drug-likeness (QED) is 0.139. The van der Waals surface area contributed by atoms with E-state index in [1.807, 2.05) is 18.2 Å². The van der Waals surface area contributed by atoms with Gasteiger partial charge >= 0.3 is 0 Å². The van der Waals surface area contributed by atoms with Crippen molar-refractivity contribution in [3.05, 3.63) is 265 Å². The molecule has 2 heterocycles. The number of para-hydroxylation sites is 1. The Morgan fingerprint density at radius 1 is 0.380 bits per heavy atom. The Hall–Kier alpha value is -8.85. The Kier molecular flexibility index (Phi) is 12.1. The van der Waals surface area contributed by atoms with E-state index in [9.17, 15) is 0 Å². The number of hydrogen-bond donors (Lipinski definition) is 0. The maximum absolute atomic E-state index is 4.94. The van der Waals surface area contributed by atoms with Crippen molar-refractivity contribution in [2.24, 2.45) is 0 Å². The molecule has 0 aliphatic carbocycles. The summed E-state index contributed by atoms with van der Waals surface area (Å²) in [6.45, 7) is 12.8. The second-order valence-corrected chi connectivity index (χ2v) is 18.5. The van der Waals surface area contributed by atoms with E-state index in [-0.39, 0.29) is 0 Å². The zero-order chi connectivity index (χ0) is 48.4. The van der Waals surface area contributed by atoms with Crippen LogP contribution < -0.4 is 0 Å². The van der Waals surface area contributed by atoms with Gasteiger partial charge in [0.05, 0.1) is 22.4 Å². The van der Waals surface area contributed by atoms with Crippen molar-refractivity contribution in [1.29, 1.82) is 0 Å². The van der Waals surface area contributed by atoms with Crippen molar-refractivity contribution in [3.8, 4) is 61.6 Å². The van der Waals surface area contributed by atoms with Crippen molar-refractivity contribution >= 4 is 55.5 Å². The summed E-state index contributed by atoms with van der Waals surface area (Å²) in [5, 5.41) is 7.47. The van der Waals surface area contributed by atoms with Crippen molar-refractivity contribution in [3.63, 3.8) is 0 Å². The fraction of sp³-hybridized carbons (Fsp3) is 0.0580. The van der Waals surface area contributed by atoms with Gasteiger partial charge in [-0.1, -0.05) is 200 Å². The maximum atomic E-state index is 4.94. The first kappa shape index (κ1) is 44.6. The monoisotopic (exact) mass is 910 g/mol. The molecule has 0 saturated heterocycles. The topological polar surface area (TPSA) is 17.8 Å². The number of aryl methyl sites for hydroxylation is 3. The lowest BCUT2D eigenvalue weighted by molar-refractivity contribution is 1.19. The van der Waals surface area contributed by atoms with Gasteiger partial charge in [0.2, 0.25) is 0 Å². The Bertz CT molecular complexity index is 3930. The molecule has 0 fully saturated rings. The van der Waals surface area contributed by atoms with E-state index < -0.39 is 0 Å². The number of allylic oxidation sites excluding steroid dienone is 1. The lowest BCUT2D eigenvalue weighted by Crippen LogP contribution is -1.96. The second-order valence-electron chi connectivity index (χ2n) is 18.5. The SMILES string of the molecule is C=Cc1c(/C=C\C)c2ccccc2c2cc(-n3c4ccccc4c4cc(-c5ccc(C)c(-c6ccccc6C)c5)ccc43)ccc12.Cc1cccc(-c2cc(-c3ccccc3)cc(-c3ccccc3)n2)c1. The summed E-state index contributed by atoms with van der Waals surface area (Å²) in [5.41, 5.74) is 21.5. The van der Waals surface area contributed by atoms with Crippen LogP contribution >= 0.6 is 0 Å². The van der Waals surface area contributed by atoms with Crippen LogP contribution in [0.1, 0.15) is 34.7 Å². The van der Waals surface area contributed by atoms with Gasteiger partial charge < -0.3 is 4.57 Å². The minimum absolute atomic E-state index is 0.999. The summed E-state index contributed by atoms with van der Waals surface area (Å²) in [6.07, 6.45) is 6.32. The smallest absolute Gasteiger partial charge is 0.0715 e. The molecule has 0 atom stereocenters. The Balaban J connectivity index is 0.000000184. The number of fused-ring (bicyclic) bond motifs is 6. The summed E-state index contributed by atoms with van der Waals surface area (Å²) >= 11 is 0. The van der Waals surface area contributed by atoms with Crippen LogP contribution in [0, 0.1) is 20.8 Å². The molecule has 12 rings (SSSR count). The molecule has 2 aromatic heterocycles. The second kappa shape index (κ2) is 19.3. The molecule has 340 valence electrons. The van der Waals surface area contributed by atoms with Gasteiger partial charge in [-0.15, -0.1) is 0 Å². The third kappa shape index (κ3) is 8.55. The predicted octanol–water partition coefficient (Wildman–Crippen LogP) is 19.1. The van der Waals surface area contributed by atoms with Crippen molar-refractivity contribution in [2.45, 2.75) is 27.7 Å². The van der Waals surface area contributed by atoms with Crippen LogP contribution in [0.3, 0.4) is 0 Å². The molecular weight excluding hydrogens is 857 g/mol. The molecule has 0 aliphatic rings. The minimum atomic E-state index is 0.999. The minimum Gasteiger partial charge on any atom is -0.309 e. The first-order valence-electron chi connectivity index (χ1n) is 24.5. The summed E-state index contributed by atoms with van der Waals surface area (Å²) in [6, 6.07) is 80.6. The predicted molar refractivity (Wildman–Crippen MR) is 306 cm³/mol. The number of pyridine rings is 1. The molecule has 12 aromatic rings. The Labute approximate surface area is 417 Å².